The summed E-state index contributed by atoms with van der Waals surface area (Å²) in [5.41, 5.74) is 0.862. The molecule has 0 spiro atoms. The van der Waals surface area contributed by atoms with E-state index >= 15 is 0 Å². The Morgan fingerprint density at radius 3 is 2.57 bits per heavy atom. The molecule has 1 fully saturated rings. The smallest absolute Gasteiger partial charge is 0.391 e. The maximum absolute atomic E-state index is 14.1. The summed E-state index contributed by atoms with van der Waals surface area (Å²) in [6.45, 7) is 0.269. The zero-order chi connectivity index (χ0) is 26.4. The van der Waals surface area contributed by atoms with Crippen molar-refractivity contribution in [1.82, 2.24) is 14.3 Å². The number of anilines is 1. The summed E-state index contributed by atoms with van der Waals surface area (Å²) < 4.78 is 106. The minimum absolute atomic E-state index is 0.0661. The molecule has 3 heterocycles. The van der Waals surface area contributed by atoms with Crippen LogP contribution < -0.4 is 9.46 Å². The Kier molecular flexibility index (Phi) is 6.83. The summed E-state index contributed by atoms with van der Waals surface area (Å²) in [4.78, 5) is 5.59. The van der Waals surface area contributed by atoms with Crippen molar-refractivity contribution >= 4 is 26.7 Å². The molecule has 1 saturated heterocycles. The highest BCUT2D eigenvalue weighted by molar-refractivity contribution is 7.93. The minimum atomic E-state index is -4.42. The molecule has 0 amide bonds. The number of alkyl halides is 3. The number of benzene rings is 2. The van der Waals surface area contributed by atoms with Crippen LogP contribution in [0.4, 0.5) is 27.1 Å². The van der Waals surface area contributed by atoms with Crippen LogP contribution >= 0.6 is 11.5 Å². The number of sulfonamides is 1. The second-order valence-corrected chi connectivity index (χ2v) is 11.4. The molecule has 3 aromatic rings. The second-order valence-electron chi connectivity index (χ2n) is 8.89. The fraction of sp³-hybridized carbons (Fsp3) is 0.391. The normalized spacial score (nSPS) is 22.8. The van der Waals surface area contributed by atoms with Gasteiger partial charge in [0.05, 0.1) is 17.4 Å². The maximum atomic E-state index is 14.1. The first kappa shape index (κ1) is 25.8. The number of halogens is 5. The summed E-state index contributed by atoms with van der Waals surface area (Å²) in [6.07, 6.45) is -3.22. The fourth-order valence-electron chi connectivity index (χ4n) is 4.96. The molecule has 0 radical (unpaired) electrons. The Balaban J connectivity index is 1.48. The molecule has 2 aliphatic rings. The molecule has 3 atom stereocenters. The lowest BCUT2D eigenvalue weighted by Crippen LogP contribution is -2.44. The van der Waals surface area contributed by atoms with Gasteiger partial charge in [-0.25, -0.2) is 22.2 Å². The molecule has 1 N–H and O–H groups in total. The van der Waals surface area contributed by atoms with Crippen LogP contribution in [-0.2, 0) is 10.0 Å². The minimum Gasteiger partial charge on any atom is -0.493 e. The van der Waals surface area contributed by atoms with E-state index in [-0.39, 0.29) is 41.6 Å². The van der Waals surface area contributed by atoms with Gasteiger partial charge in [-0.3, -0.25) is 9.62 Å². The molecule has 0 aliphatic carbocycles. The van der Waals surface area contributed by atoms with E-state index in [1.54, 1.807) is 6.07 Å². The molecule has 0 bridgehead atoms. The van der Waals surface area contributed by atoms with Crippen molar-refractivity contribution in [2.75, 3.05) is 17.9 Å². The van der Waals surface area contributed by atoms with Gasteiger partial charge in [-0.2, -0.15) is 17.5 Å². The number of hydrogen-bond acceptors (Lipinski definition) is 7. The molecular weight excluding hydrogens is 539 g/mol. The number of rotatable bonds is 5. The molecule has 14 heteroatoms. The first-order chi connectivity index (χ1) is 17.5. The highest BCUT2D eigenvalue weighted by atomic mass is 32.2. The fourth-order valence-corrected chi connectivity index (χ4v) is 6.63. The van der Waals surface area contributed by atoms with Crippen molar-refractivity contribution in [3.05, 3.63) is 65.5 Å². The van der Waals surface area contributed by atoms with Crippen molar-refractivity contribution in [3.63, 3.8) is 0 Å². The number of hydrogen-bond donors (Lipinski definition) is 1. The van der Waals surface area contributed by atoms with E-state index in [0.717, 1.165) is 23.7 Å². The van der Waals surface area contributed by atoms with E-state index < -0.39 is 45.8 Å². The van der Waals surface area contributed by atoms with E-state index in [2.05, 4.69) is 14.1 Å². The van der Waals surface area contributed by atoms with E-state index in [4.69, 9.17) is 4.74 Å². The first-order valence-corrected chi connectivity index (χ1v) is 13.6. The Hall–Kier alpha value is -2.84. The number of piperidine rings is 1. The van der Waals surface area contributed by atoms with Crippen molar-refractivity contribution < 1.29 is 35.1 Å². The average Bonchev–Trinajstić information content (AvgIpc) is 3.36. The van der Waals surface area contributed by atoms with E-state index in [0.29, 0.717) is 17.7 Å². The van der Waals surface area contributed by atoms with E-state index in [1.165, 1.54) is 24.5 Å². The van der Waals surface area contributed by atoms with Crippen LogP contribution in [-0.4, -0.2) is 42.0 Å². The summed E-state index contributed by atoms with van der Waals surface area (Å²) >= 11 is 0.875. The van der Waals surface area contributed by atoms with Gasteiger partial charge in [0.15, 0.2) is 11.6 Å². The predicted molar refractivity (Wildman–Crippen MR) is 125 cm³/mol. The monoisotopic (exact) mass is 560 g/mol. The van der Waals surface area contributed by atoms with Crippen LogP contribution in [0, 0.1) is 17.6 Å². The third-order valence-corrected chi connectivity index (χ3v) is 8.77. The van der Waals surface area contributed by atoms with Gasteiger partial charge >= 0.3 is 6.18 Å². The van der Waals surface area contributed by atoms with Crippen molar-refractivity contribution in [3.8, 4) is 5.75 Å². The lowest BCUT2D eigenvalue weighted by molar-refractivity contribution is -0.192. The van der Waals surface area contributed by atoms with Crippen molar-refractivity contribution in [2.45, 2.75) is 42.4 Å². The van der Waals surface area contributed by atoms with Crippen LogP contribution in [0.5, 0.6) is 5.75 Å². The molecule has 2 aliphatic heterocycles. The highest BCUT2D eigenvalue weighted by Crippen LogP contribution is 2.48. The third kappa shape index (κ3) is 5.27. The summed E-state index contributed by atoms with van der Waals surface area (Å²) in [5, 5.41) is 0.0958. The van der Waals surface area contributed by atoms with Crippen molar-refractivity contribution in [2.24, 2.45) is 5.92 Å². The van der Waals surface area contributed by atoms with Gasteiger partial charge in [0.2, 0.25) is 5.13 Å². The quantitative estimate of drug-likeness (QED) is 0.418. The number of likely N-dealkylation sites (tertiary alicyclic amines) is 1. The number of aromatic nitrogens is 2. The summed E-state index contributed by atoms with van der Waals surface area (Å²) in [5.74, 6) is -3.50. The number of nitrogens with zero attached hydrogens (tertiary/aromatic N) is 3. The Labute approximate surface area is 213 Å². The Morgan fingerprint density at radius 1 is 1.05 bits per heavy atom. The highest BCUT2D eigenvalue weighted by Gasteiger charge is 2.46. The molecule has 0 saturated carbocycles. The number of ether oxygens (including phenoxy) is 1. The topological polar surface area (TPSA) is 84.4 Å². The lowest BCUT2D eigenvalue weighted by atomic mass is 9.84. The molecule has 198 valence electrons. The van der Waals surface area contributed by atoms with Gasteiger partial charge in [-0.1, -0.05) is 12.1 Å². The van der Waals surface area contributed by atoms with Crippen LogP contribution in [0.3, 0.4) is 0 Å². The van der Waals surface area contributed by atoms with Crippen LogP contribution in [0.25, 0.3) is 0 Å². The molecule has 37 heavy (non-hydrogen) atoms. The molecular formula is C23H21F5N4O3S2. The van der Waals surface area contributed by atoms with Gasteiger partial charge in [0.1, 0.15) is 12.1 Å². The first-order valence-electron chi connectivity index (χ1n) is 11.4. The van der Waals surface area contributed by atoms with Crippen LogP contribution in [0.1, 0.15) is 42.5 Å². The zero-order valence-corrected chi connectivity index (χ0v) is 20.7. The molecule has 1 aromatic heterocycles. The van der Waals surface area contributed by atoms with Gasteiger partial charge in [0, 0.05) is 41.7 Å². The largest absolute Gasteiger partial charge is 0.493 e. The van der Waals surface area contributed by atoms with Crippen molar-refractivity contribution in [1.29, 1.82) is 0 Å². The number of fused-ring (bicyclic) bond motifs is 1. The van der Waals surface area contributed by atoms with Crippen LogP contribution in [0.2, 0.25) is 0 Å². The summed E-state index contributed by atoms with van der Waals surface area (Å²) in [6, 6.07) is 6.26. The van der Waals surface area contributed by atoms with Gasteiger partial charge in [0.25, 0.3) is 10.0 Å². The lowest BCUT2D eigenvalue weighted by Gasteiger charge is -2.46. The standard InChI is InChI=1S/C23H21F5N4O3S2/c24-17-4-1-13(9-18(17)25)20-10-14(23(26,27)28)5-7-32(20)19-6-8-35-21-11-15(2-3-16(19)21)37(33,34)31-22-29-12-30-36-22/h1-4,9,11-12,14,19-20H,5-8,10H2,(H,29,30,31)/t14-,19?,20-/m1/s1. The molecule has 1 unspecified atom stereocenters. The summed E-state index contributed by atoms with van der Waals surface area (Å²) in [7, 11) is -3.98. The van der Waals surface area contributed by atoms with E-state index in [1.807, 2.05) is 4.90 Å². The molecule has 5 rings (SSSR count). The van der Waals surface area contributed by atoms with Gasteiger partial charge in [-0.15, -0.1) is 0 Å². The second kappa shape index (κ2) is 9.80. The van der Waals surface area contributed by atoms with Gasteiger partial charge in [-0.05, 0) is 43.1 Å². The Bertz CT molecular complexity index is 1390. The van der Waals surface area contributed by atoms with E-state index in [9.17, 15) is 30.4 Å². The van der Waals surface area contributed by atoms with Crippen LogP contribution in [0.15, 0.2) is 47.6 Å². The Morgan fingerprint density at radius 2 is 1.86 bits per heavy atom. The predicted octanol–water partition coefficient (Wildman–Crippen LogP) is 5.46. The zero-order valence-electron chi connectivity index (χ0n) is 19.1. The third-order valence-electron chi connectivity index (χ3n) is 6.72. The SMILES string of the molecule is O=S(=O)(Nc1ncns1)c1ccc2c(c1)OCCC2N1CC[C@@H](C(F)(F)F)C[C@@H]1c1ccc(F)c(F)c1. The molecule has 7 nitrogen and oxygen atoms in total. The average molecular weight is 561 g/mol. The number of nitrogens with one attached hydrogen (secondary N) is 1. The molecule has 2 aromatic carbocycles. The maximum Gasteiger partial charge on any atom is 0.391 e. The van der Waals surface area contributed by atoms with Gasteiger partial charge < -0.3 is 4.74 Å².